The van der Waals surface area contributed by atoms with Crippen LogP contribution in [0.2, 0.25) is 0 Å². The third-order valence-corrected chi connectivity index (χ3v) is 8.85. The highest BCUT2D eigenvalue weighted by atomic mass is 32.1. The van der Waals surface area contributed by atoms with Crippen molar-refractivity contribution in [3.63, 3.8) is 0 Å². The number of thiazole rings is 1. The van der Waals surface area contributed by atoms with Crippen LogP contribution >= 0.6 is 11.3 Å². The number of ether oxygens (including phenoxy) is 1. The summed E-state index contributed by atoms with van der Waals surface area (Å²) in [4.78, 5) is 30.7. The molecule has 6 heteroatoms. The van der Waals surface area contributed by atoms with Gasteiger partial charge in [0.05, 0.1) is 11.6 Å². The zero-order valence-corrected chi connectivity index (χ0v) is 17.1. The minimum Gasteiger partial charge on any atom is -0.461 e. The van der Waals surface area contributed by atoms with E-state index in [1.54, 1.807) is 11.3 Å². The predicted molar refractivity (Wildman–Crippen MR) is 104 cm³/mol. The zero-order valence-electron chi connectivity index (χ0n) is 16.3. The highest BCUT2D eigenvalue weighted by Crippen LogP contribution is 2.59. The fraction of sp³-hybridized carbons (Fsp3) is 0.762. The monoisotopic (exact) mass is 388 g/mol. The highest BCUT2D eigenvalue weighted by molar-refractivity contribution is 7.15. The Morgan fingerprint density at radius 2 is 2.04 bits per heavy atom. The molecule has 0 spiro atoms. The van der Waals surface area contributed by atoms with Crippen molar-refractivity contribution in [1.29, 1.82) is 0 Å². The summed E-state index contributed by atoms with van der Waals surface area (Å²) in [6.45, 7) is 6.61. The molecule has 1 aliphatic heterocycles. The van der Waals surface area contributed by atoms with Gasteiger partial charge < -0.3 is 10.1 Å². The molecule has 6 atom stereocenters. The van der Waals surface area contributed by atoms with Crippen LogP contribution in [0.5, 0.6) is 0 Å². The van der Waals surface area contributed by atoms with Crippen molar-refractivity contribution >= 4 is 28.3 Å². The van der Waals surface area contributed by atoms with Gasteiger partial charge in [-0.15, -0.1) is 11.3 Å². The summed E-state index contributed by atoms with van der Waals surface area (Å²) in [5.74, 6) is 1.19. The first kappa shape index (κ1) is 17.7. The Morgan fingerprint density at radius 3 is 2.74 bits per heavy atom. The van der Waals surface area contributed by atoms with E-state index < -0.39 is 0 Å². The van der Waals surface area contributed by atoms with E-state index in [4.69, 9.17) is 9.72 Å². The quantitative estimate of drug-likeness (QED) is 0.773. The summed E-state index contributed by atoms with van der Waals surface area (Å²) < 4.78 is 5.89. The lowest BCUT2D eigenvalue weighted by Crippen LogP contribution is -2.50. The molecule has 4 aliphatic rings. The van der Waals surface area contributed by atoms with Gasteiger partial charge in [0, 0.05) is 28.5 Å². The number of amides is 1. The first-order valence-corrected chi connectivity index (χ1v) is 11.2. The topological polar surface area (TPSA) is 68.3 Å². The molecule has 0 aromatic carbocycles. The molecule has 5 nitrogen and oxygen atoms in total. The van der Waals surface area contributed by atoms with E-state index in [9.17, 15) is 9.59 Å². The van der Waals surface area contributed by atoms with Crippen LogP contribution in [-0.2, 0) is 20.7 Å². The van der Waals surface area contributed by atoms with E-state index in [-0.39, 0.29) is 41.1 Å². The van der Waals surface area contributed by atoms with E-state index in [2.05, 4.69) is 19.2 Å². The Labute approximate surface area is 164 Å². The van der Waals surface area contributed by atoms with Crippen LogP contribution in [0.4, 0.5) is 5.13 Å². The van der Waals surface area contributed by atoms with Crippen molar-refractivity contribution in [2.75, 3.05) is 5.32 Å². The van der Waals surface area contributed by atoms with Gasteiger partial charge in [-0.1, -0.05) is 27.2 Å². The normalized spacial score (nSPS) is 40.4. The van der Waals surface area contributed by atoms with E-state index in [0.29, 0.717) is 11.8 Å². The van der Waals surface area contributed by atoms with Crippen molar-refractivity contribution in [3.8, 4) is 0 Å². The van der Waals surface area contributed by atoms with Gasteiger partial charge in [0.1, 0.15) is 6.10 Å². The summed E-state index contributed by atoms with van der Waals surface area (Å²) in [6.07, 6.45) is 6.35. The number of hydrogen-bond donors (Lipinski definition) is 1. The minimum absolute atomic E-state index is 0.0147. The van der Waals surface area contributed by atoms with Crippen molar-refractivity contribution in [1.82, 2.24) is 4.98 Å². The first-order valence-electron chi connectivity index (χ1n) is 10.4. The molecule has 146 valence electrons. The number of aromatic nitrogens is 1. The largest absolute Gasteiger partial charge is 0.461 e. The summed E-state index contributed by atoms with van der Waals surface area (Å²) in [5.41, 5.74) is 1.25. The van der Waals surface area contributed by atoms with Gasteiger partial charge in [0.2, 0.25) is 5.91 Å². The van der Waals surface area contributed by atoms with E-state index >= 15 is 0 Å². The van der Waals surface area contributed by atoms with E-state index in [1.807, 2.05) is 6.92 Å². The molecule has 3 aliphatic carbocycles. The fourth-order valence-corrected chi connectivity index (χ4v) is 7.28. The second-order valence-corrected chi connectivity index (χ2v) is 10.6. The summed E-state index contributed by atoms with van der Waals surface area (Å²) in [5, 5.41) is 3.81. The average molecular weight is 389 g/mol. The van der Waals surface area contributed by atoms with Gasteiger partial charge in [0.25, 0.3) is 0 Å². The van der Waals surface area contributed by atoms with Crippen molar-refractivity contribution in [2.45, 2.75) is 71.3 Å². The molecule has 6 unspecified atom stereocenters. The highest BCUT2D eigenvalue weighted by Gasteiger charge is 2.58. The molecule has 1 amide bonds. The smallest absolute Gasteiger partial charge is 0.309 e. The molecule has 1 saturated heterocycles. The van der Waals surface area contributed by atoms with E-state index in [0.717, 1.165) is 49.4 Å². The van der Waals surface area contributed by atoms with Crippen molar-refractivity contribution < 1.29 is 14.3 Å². The number of nitrogens with one attached hydrogen (secondary N) is 1. The second kappa shape index (κ2) is 6.03. The number of hydrogen-bond acceptors (Lipinski definition) is 5. The number of fused-ring (bicyclic) bond motifs is 4. The molecule has 2 heterocycles. The van der Waals surface area contributed by atoms with Gasteiger partial charge in [0.15, 0.2) is 5.13 Å². The van der Waals surface area contributed by atoms with Crippen LogP contribution in [0.15, 0.2) is 0 Å². The van der Waals surface area contributed by atoms with Crippen LogP contribution in [-0.4, -0.2) is 23.0 Å². The Morgan fingerprint density at radius 1 is 1.26 bits per heavy atom. The Kier molecular flexibility index (Phi) is 3.94. The number of carbonyl (C=O) groups is 2. The minimum atomic E-state index is -0.0287. The Bertz CT molecular complexity index is 801. The second-order valence-electron chi connectivity index (χ2n) is 9.48. The van der Waals surface area contributed by atoms with Gasteiger partial charge >= 0.3 is 5.97 Å². The van der Waals surface area contributed by atoms with Crippen LogP contribution in [0.25, 0.3) is 0 Å². The van der Waals surface area contributed by atoms with Gasteiger partial charge in [-0.2, -0.15) is 0 Å². The number of nitrogens with zero attached hydrogens (tertiary/aromatic N) is 1. The molecular weight excluding hydrogens is 360 g/mol. The predicted octanol–water partition coefficient (Wildman–Crippen LogP) is 4.14. The molecule has 3 fully saturated rings. The first-order chi connectivity index (χ1) is 12.9. The molecule has 2 saturated carbocycles. The summed E-state index contributed by atoms with van der Waals surface area (Å²) >= 11 is 1.65. The van der Waals surface area contributed by atoms with E-state index in [1.165, 1.54) is 4.88 Å². The lowest BCUT2D eigenvalue weighted by molar-refractivity contribution is -0.149. The van der Waals surface area contributed by atoms with Gasteiger partial charge in [-0.3, -0.25) is 9.59 Å². The molecule has 27 heavy (non-hydrogen) atoms. The van der Waals surface area contributed by atoms with Crippen molar-refractivity contribution in [2.24, 2.45) is 29.1 Å². The lowest BCUT2D eigenvalue weighted by Gasteiger charge is -2.51. The third-order valence-electron chi connectivity index (χ3n) is 7.86. The Balaban J connectivity index is 1.43. The summed E-state index contributed by atoms with van der Waals surface area (Å²) in [6, 6.07) is 0. The lowest BCUT2D eigenvalue weighted by atomic mass is 9.54. The maximum atomic E-state index is 12.3. The average Bonchev–Trinajstić information content (AvgIpc) is 3.06. The Hall–Kier alpha value is -1.43. The van der Waals surface area contributed by atoms with Gasteiger partial charge in [-0.05, 0) is 37.5 Å². The van der Waals surface area contributed by atoms with Crippen molar-refractivity contribution in [3.05, 3.63) is 10.6 Å². The third kappa shape index (κ3) is 2.59. The zero-order chi connectivity index (χ0) is 18.9. The fourth-order valence-electron chi connectivity index (χ4n) is 6.01. The number of esters is 1. The number of rotatable bonds is 2. The molecular formula is C21H28N2O3S. The number of carbonyl (C=O) groups excluding carboxylic acids is 2. The molecule has 0 bridgehead atoms. The molecule has 1 aromatic heterocycles. The van der Waals surface area contributed by atoms with Crippen LogP contribution in [0, 0.1) is 29.1 Å². The van der Waals surface area contributed by atoms with Crippen LogP contribution < -0.4 is 5.32 Å². The molecule has 1 aromatic rings. The molecule has 1 N–H and O–H groups in total. The maximum absolute atomic E-state index is 12.3. The molecule has 0 radical (unpaired) electrons. The number of anilines is 1. The standard InChI is InChI=1S/C21H28N2O3S/c1-10-13-7-8-21(3)9-14-16(11(2)15(21)17(13)26-19(10)25)22-20(27-14)23-18(24)12-5-4-6-12/h10-13,15,17H,4-9H2,1-3H3,(H,22,23,24). The molecule has 5 rings (SSSR count). The van der Waals surface area contributed by atoms with Gasteiger partial charge in [-0.25, -0.2) is 4.98 Å². The summed E-state index contributed by atoms with van der Waals surface area (Å²) in [7, 11) is 0. The van der Waals surface area contributed by atoms with Crippen LogP contribution in [0.1, 0.15) is 69.4 Å². The SMILES string of the molecule is CC1C(=O)OC2C1CCC1(C)Cc3sc(NC(=O)C4CCC4)nc3C(C)C21. The maximum Gasteiger partial charge on any atom is 0.309 e. The van der Waals surface area contributed by atoms with Crippen LogP contribution in [0.3, 0.4) is 0 Å².